The molecule has 0 atom stereocenters. The number of H-pyrrole nitrogens is 1. The summed E-state index contributed by atoms with van der Waals surface area (Å²) in [7, 11) is 0. The van der Waals surface area contributed by atoms with Crippen LogP contribution in [0.5, 0.6) is 0 Å². The van der Waals surface area contributed by atoms with Gasteiger partial charge in [0.2, 0.25) is 5.43 Å². The highest BCUT2D eigenvalue weighted by molar-refractivity contribution is 9.10. The third-order valence-corrected chi connectivity index (χ3v) is 2.88. The van der Waals surface area contributed by atoms with Crippen LogP contribution in [0, 0.1) is 0 Å². The van der Waals surface area contributed by atoms with Crippen molar-refractivity contribution in [2.75, 3.05) is 0 Å². The number of pyridine rings is 1. The molecule has 66 valence electrons. The molecule has 0 saturated heterocycles. The summed E-state index contributed by atoms with van der Waals surface area (Å²) < 4.78 is 1.46. The summed E-state index contributed by atoms with van der Waals surface area (Å²) in [5, 5.41) is 0.684. The molecule has 2 rings (SSSR count). The standard InChI is InChI=1S/C9H5Br2NO/c10-5-1-2-8-6(3-5)9(13)7(11)4-12-8/h1-4H,(H,12,13). The first-order valence-electron chi connectivity index (χ1n) is 3.65. The number of aromatic amines is 1. The van der Waals surface area contributed by atoms with Gasteiger partial charge in [0, 0.05) is 21.6 Å². The molecule has 0 spiro atoms. The Morgan fingerprint density at radius 1 is 1.23 bits per heavy atom. The summed E-state index contributed by atoms with van der Waals surface area (Å²) in [6.45, 7) is 0. The first-order chi connectivity index (χ1) is 6.18. The average molecular weight is 303 g/mol. The lowest BCUT2D eigenvalue weighted by Gasteiger charge is -1.98. The zero-order chi connectivity index (χ0) is 9.42. The van der Waals surface area contributed by atoms with Crippen LogP contribution in [0.2, 0.25) is 0 Å². The average Bonchev–Trinajstić information content (AvgIpc) is 2.12. The van der Waals surface area contributed by atoms with Crippen molar-refractivity contribution >= 4 is 42.8 Å². The maximum atomic E-state index is 11.6. The van der Waals surface area contributed by atoms with Crippen LogP contribution in [-0.2, 0) is 0 Å². The highest BCUT2D eigenvalue weighted by Gasteiger charge is 2.02. The van der Waals surface area contributed by atoms with Crippen molar-refractivity contribution in [1.29, 1.82) is 0 Å². The zero-order valence-corrected chi connectivity index (χ0v) is 9.65. The van der Waals surface area contributed by atoms with Crippen LogP contribution in [0.25, 0.3) is 10.9 Å². The van der Waals surface area contributed by atoms with Crippen molar-refractivity contribution in [3.63, 3.8) is 0 Å². The number of benzene rings is 1. The lowest BCUT2D eigenvalue weighted by atomic mass is 10.2. The van der Waals surface area contributed by atoms with Crippen LogP contribution in [-0.4, -0.2) is 4.98 Å². The Balaban J connectivity index is 2.97. The van der Waals surface area contributed by atoms with Crippen molar-refractivity contribution in [3.05, 3.63) is 43.6 Å². The lowest BCUT2D eigenvalue weighted by Crippen LogP contribution is -2.02. The summed E-state index contributed by atoms with van der Waals surface area (Å²) >= 11 is 6.50. The normalized spacial score (nSPS) is 10.6. The largest absolute Gasteiger partial charge is 0.360 e. The van der Waals surface area contributed by atoms with Gasteiger partial charge in [0.1, 0.15) is 0 Å². The summed E-state index contributed by atoms with van der Waals surface area (Å²) in [6, 6.07) is 5.57. The van der Waals surface area contributed by atoms with Crippen LogP contribution in [0.4, 0.5) is 0 Å². The van der Waals surface area contributed by atoms with Crippen LogP contribution in [0.15, 0.2) is 38.1 Å². The number of nitrogens with one attached hydrogen (secondary N) is 1. The van der Waals surface area contributed by atoms with Crippen LogP contribution in [0.1, 0.15) is 0 Å². The predicted octanol–water partition coefficient (Wildman–Crippen LogP) is 3.05. The number of fused-ring (bicyclic) bond motifs is 1. The van der Waals surface area contributed by atoms with Gasteiger partial charge in [-0.05, 0) is 34.1 Å². The quantitative estimate of drug-likeness (QED) is 0.797. The number of halogens is 2. The Bertz CT molecular complexity index is 513. The maximum absolute atomic E-state index is 11.6. The van der Waals surface area contributed by atoms with Gasteiger partial charge in [0.25, 0.3) is 0 Å². The van der Waals surface area contributed by atoms with E-state index in [0.29, 0.717) is 9.86 Å². The fourth-order valence-corrected chi connectivity index (χ4v) is 1.85. The van der Waals surface area contributed by atoms with E-state index in [2.05, 4.69) is 36.8 Å². The van der Waals surface area contributed by atoms with E-state index < -0.39 is 0 Å². The monoisotopic (exact) mass is 301 g/mol. The second-order valence-electron chi connectivity index (χ2n) is 2.66. The molecule has 0 aliphatic rings. The number of aromatic nitrogens is 1. The Morgan fingerprint density at radius 2 is 2.00 bits per heavy atom. The van der Waals surface area contributed by atoms with E-state index in [9.17, 15) is 4.79 Å². The third kappa shape index (κ3) is 1.56. The molecule has 2 aromatic rings. The van der Waals surface area contributed by atoms with E-state index in [4.69, 9.17) is 0 Å². The molecular formula is C9H5Br2NO. The molecule has 4 heteroatoms. The van der Waals surface area contributed by atoms with E-state index in [0.717, 1.165) is 9.99 Å². The fourth-order valence-electron chi connectivity index (χ4n) is 1.17. The molecule has 1 N–H and O–H groups in total. The van der Waals surface area contributed by atoms with Gasteiger partial charge in [-0.1, -0.05) is 15.9 Å². The van der Waals surface area contributed by atoms with Gasteiger partial charge < -0.3 is 4.98 Å². The summed E-state index contributed by atoms with van der Waals surface area (Å²) in [5.74, 6) is 0. The molecule has 0 bridgehead atoms. The van der Waals surface area contributed by atoms with Crippen molar-refractivity contribution in [1.82, 2.24) is 4.98 Å². The van der Waals surface area contributed by atoms with Gasteiger partial charge in [0.15, 0.2) is 0 Å². The van der Waals surface area contributed by atoms with Crippen molar-refractivity contribution in [3.8, 4) is 0 Å². The van der Waals surface area contributed by atoms with E-state index >= 15 is 0 Å². The molecule has 0 saturated carbocycles. The fraction of sp³-hybridized carbons (Fsp3) is 0. The predicted molar refractivity (Wildman–Crippen MR) is 60.0 cm³/mol. The topological polar surface area (TPSA) is 32.9 Å². The first kappa shape index (κ1) is 8.97. The minimum Gasteiger partial charge on any atom is -0.360 e. The second kappa shape index (κ2) is 3.27. The number of hydrogen-bond acceptors (Lipinski definition) is 1. The molecule has 1 aromatic heterocycles. The highest BCUT2D eigenvalue weighted by atomic mass is 79.9. The Kier molecular flexibility index (Phi) is 2.26. The van der Waals surface area contributed by atoms with Gasteiger partial charge in [-0.15, -0.1) is 0 Å². The van der Waals surface area contributed by atoms with Gasteiger partial charge in [0.05, 0.1) is 4.47 Å². The zero-order valence-electron chi connectivity index (χ0n) is 6.47. The van der Waals surface area contributed by atoms with Gasteiger partial charge in [-0.25, -0.2) is 0 Å². The molecule has 13 heavy (non-hydrogen) atoms. The number of hydrogen-bond donors (Lipinski definition) is 1. The summed E-state index contributed by atoms with van der Waals surface area (Å²) in [6.07, 6.45) is 1.65. The smallest absolute Gasteiger partial charge is 0.203 e. The number of rotatable bonds is 0. The molecule has 0 unspecified atom stereocenters. The SMILES string of the molecule is O=c1c(Br)c[nH]c2ccc(Br)cc12. The van der Waals surface area contributed by atoms with Gasteiger partial charge in [-0.3, -0.25) is 4.79 Å². The lowest BCUT2D eigenvalue weighted by molar-refractivity contribution is 1.36. The molecule has 2 nitrogen and oxygen atoms in total. The molecule has 0 aliphatic carbocycles. The molecule has 1 aromatic carbocycles. The van der Waals surface area contributed by atoms with E-state index in [1.807, 2.05) is 12.1 Å². The highest BCUT2D eigenvalue weighted by Crippen LogP contribution is 2.16. The molecule has 0 amide bonds. The third-order valence-electron chi connectivity index (χ3n) is 1.80. The second-order valence-corrected chi connectivity index (χ2v) is 4.43. The Labute approximate surface area is 91.2 Å². The van der Waals surface area contributed by atoms with Crippen LogP contribution < -0.4 is 5.43 Å². The maximum Gasteiger partial charge on any atom is 0.203 e. The summed E-state index contributed by atoms with van der Waals surface area (Å²) in [5.41, 5.74) is 0.853. The van der Waals surface area contributed by atoms with E-state index in [1.165, 1.54) is 0 Å². The minimum atomic E-state index is 0.00931. The van der Waals surface area contributed by atoms with Crippen LogP contribution >= 0.6 is 31.9 Å². The van der Waals surface area contributed by atoms with Crippen molar-refractivity contribution in [2.24, 2.45) is 0 Å². The Hall–Kier alpha value is -0.610. The van der Waals surface area contributed by atoms with Gasteiger partial charge in [-0.2, -0.15) is 0 Å². The molecular weight excluding hydrogens is 298 g/mol. The molecule has 0 radical (unpaired) electrons. The molecule has 0 fully saturated rings. The first-order valence-corrected chi connectivity index (χ1v) is 5.23. The van der Waals surface area contributed by atoms with E-state index in [-0.39, 0.29) is 5.43 Å². The molecule has 0 aliphatic heterocycles. The Morgan fingerprint density at radius 3 is 2.77 bits per heavy atom. The minimum absolute atomic E-state index is 0.00931. The summed E-state index contributed by atoms with van der Waals surface area (Å²) in [4.78, 5) is 14.6. The van der Waals surface area contributed by atoms with Gasteiger partial charge >= 0.3 is 0 Å². The molecule has 1 heterocycles. The van der Waals surface area contributed by atoms with E-state index in [1.54, 1.807) is 12.3 Å². The van der Waals surface area contributed by atoms with Crippen LogP contribution in [0.3, 0.4) is 0 Å². The van der Waals surface area contributed by atoms with Crippen molar-refractivity contribution in [2.45, 2.75) is 0 Å². The van der Waals surface area contributed by atoms with Crippen molar-refractivity contribution < 1.29 is 0 Å².